The van der Waals surface area contributed by atoms with Gasteiger partial charge < -0.3 is 15.6 Å². The van der Waals surface area contributed by atoms with E-state index in [0.717, 1.165) is 0 Å². The van der Waals surface area contributed by atoms with E-state index in [1.165, 1.54) is 23.1 Å². The van der Waals surface area contributed by atoms with Gasteiger partial charge in [-0.3, -0.25) is 4.79 Å². The minimum absolute atomic E-state index is 0.0208. The summed E-state index contributed by atoms with van der Waals surface area (Å²) in [6, 6.07) is 0.0618. The van der Waals surface area contributed by atoms with E-state index in [1.807, 2.05) is 10.8 Å². The van der Waals surface area contributed by atoms with Gasteiger partial charge in [-0.2, -0.15) is 0 Å². The third-order valence-corrected chi connectivity index (χ3v) is 4.75. The molecule has 2 heterocycles. The van der Waals surface area contributed by atoms with Crippen molar-refractivity contribution in [2.24, 2.45) is 5.92 Å². The molecule has 114 valence electrons. The number of thioether (sulfide) groups is 1. The van der Waals surface area contributed by atoms with Gasteiger partial charge in [-0.15, -0.1) is 10.2 Å². The lowest BCUT2D eigenvalue weighted by Crippen LogP contribution is -2.42. The van der Waals surface area contributed by atoms with Crippen LogP contribution in [0.2, 0.25) is 0 Å². The van der Waals surface area contributed by atoms with Gasteiger partial charge in [0.05, 0.1) is 12.1 Å². The summed E-state index contributed by atoms with van der Waals surface area (Å²) in [5, 5.41) is 11.1. The molecule has 0 aliphatic carbocycles. The van der Waals surface area contributed by atoms with Crippen molar-refractivity contribution < 1.29 is 4.79 Å². The fourth-order valence-corrected chi connectivity index (χ4v) is 3.15. The van der Waals surface area contributed by atoms with Gasteiger partial charge in [0.25, 0.3) is 0 Å². The molecule has 9 heteroatoms. The van der Waals surface area contributed by atoms with Crippen LogP contribution in [0.15, 0.2) is 23.1 Å². The number of hydrogen-bond acceptors (Lipinski definition) is 7. The molecule has 2 rings (SSSR count). The lowest BCUT2D eigenvalue weighted by atomic mass is 10.0. The molecule has 0 saturated carbocycles. The SMILES string of the molecule is CC(C)[C@@H](Cn1ccnc1)NC(=O)CSc1nnc(N)s1. The molecule has 0 fully saturated rings. The zero-order chi connectivity index (χ0) is 15.2. The van der Waals surface area contributed by atoms with E-state index in [9.17, 15) is 4.79 Å². The Morgan fingerprint density at radius 2 is 2.33 bits per heavy atom. The van der Waals surface area contributed by atoms with Gasteiger partial charge in [0.1, 0.15) is 0 Å². The van der Waals surface area contributed by atoms with Crippen LogP contribution in [0.5, 0.6) is 0 Å². The molecule has 3 N–H and O–H groups in total. The fourth-order valence-electron chi connectivity index (χ4n) is 1.70. The van der Waals surface area contributed by atoms with Crippen molar-refractivity contribution >= 4 is 34.1 Å². The van der Waals surface area contributed by atoms with Crippen molar-refractivity contribution in [3.8, 4) is 0 Å². The highest BCUT2D eigenvalue weighted by molar-refractivity contribution is 8.01. The van der Waals surface area contributed by atoms with Crippen LogP contribution in [-0.2, 0) is 11.3 Å². The highest BCUT2D eigenvalue weighted by Crippen LogP contribution is 2.23. The number of carbonyl (C=O) groups is 1. The van der Waals surface area contributed by atoms with Gasteiger partial charge in [0, 0.05) is 25.0 Å². The predicted octanol–water partition coefficient (Wildman–Crippen LogP) is 1.25. The maximum Gasteiger partial charge on any atom is 0.230 e. The van der Waals surface area contributed by atoms with E-state index in [2.05, 4.69) is 34.3 Å². The quantitative estimate of drug-likeness (QED) is 0.743. The molecule has 0 aliphatic heterocycles. The number of nitrogen functional groups attached to an aromatic ring is 1. The minimum Gasteiger partial charge on any atom is -0.374 e. The van der Waals surface area contributed by atoms with Gasteiger partial charge in [-0.25, -0.2) is 4.98 Å². The number of amides is 1. The summed E-state index contributed by atoms with van der Waals surface area (Å²) in [6.07, 6.45) is 5.37. The Hall–Kier alpha value is -1.61. The van der Waals surface area contributed by atoms with Gasteiger partial charge >= 0.3 is 0 Å². The summed E-state index contributed by atoms with van der Waals surface area (Å²) in [5.41, 5.74) is 5.50. The van der Waals surface area contributed by atoms with Gasteiger partial charge in [-0.1, -0.05) is 36.9 Å². The van der Waals surface area contributed by atoms with Crippen molar-refractivity contribution in [3.05, 3.63) is 18.7 Å². The topological polar surface area (TPSA) is 98.7 Å². The molecular formula is C12H18N6OS2. The molecule has 2 aromatic rings. The lowest BCUT2D eigenvalue weighted by molar-refractivity contribution is -0.119. The first-order chi connectivity index (χ1) is 10.0. The van der Waals surface area contributed by atoms with Crippen molar-refractivity contribution in [2.75, 3.05) is 11.5 Å². The van der Waals surface area contributed by atoms with Gasteiger partial charge in [0.2, 0.25) is 11.0 Å². The van der Waals surface area contributed by atoms with E-state index in [4.69, 9.17) is 5.73 Å². The molecule has 0 saturated heterocycles. The van der Waals surface area contributed by atoms with E-state index >= 15 is 0 Å². The first kappa shape index (κ1) is 15.8. The molecule has 0 spiro atoms. The van der Waals surface area contributed by atoms with E-state index in [-0.39, 0.29) is 11.9 Å². The molecule has 0 aliphatic rings. The molecule has 1 atom stereocenters. The second-order valence-electron chi connectivity index (χ2n) is 4.87. The third-order valence-electron chi connectivity index (χ3n) is 2.87. The Labute approximate surface area is 131 Å². The van der Waals surface area contributed by atoms with Crippen LogP contribution >= 0.6 is 23.1 Å². The van der Waals surface area contributed by atoms with Gasteiger partial charge in [0.15, 0.2) is 4.34 Å². The van der Waals surface area contributed by atoms with Crippen molar-refractivity contribution in [3.63, 3.8) is 0 Å². The zero-order valence-electron chi connectivity index (χ0n) is 11.9. The summed E-state index contributed by atoms with van der Waals surface area (Å²) in [7, 11) is 0. The van der Waals surface area contributed by atoms with E-state index in [1.54, 1.807) is 12.5 Å². The molecule has 2 aromatic heterocycles. The first-order valence-electron chi connectivity index (χ1n) is 6.51. The number of anilines is 1. The van der Waals surface area contributed by atoms with Crippen LogP contribution < -0.4 is 11.1 Å². The maximum atomic E-state index is 12.0. The van der Waals surface area contributed by atoms with E-state index < -0.39 is 0 Å². The van der Waals surface area contributed by atoms with Crippen LogP contribution in [0.3, 0.4) is 0 Å². The van der Waals surface area contributed by atoms with E-state index in [0.29, 0.717) is 27.7 Å². The van der Waals surface area contributed by atoms with Crippen LogP contribution in [-0.4, -0.2) is 37.5 Å². The molecule has 1 amide bonds. The molecule has 0 bridgehead atoms. The highest BCUT2D eigenvalue weighted by Gasteiger charge is 2.17. The molecule has 0 radical (unpaired) electrons. The second-order valence-corrected chi connectivity index (χ2v) is 7.10. The largest absolute Gasteiger partial charge is 0.374 e. The average Bonchev–Trinajstić information content (AvgIpc) is 3.07. The number of aromatic nitrogens is 4. The Morgan fingerprint density at radius 3 is 2.90 bits per heavy atom. The molecule has 0 aromatic carbocycles. The summed E-state index contributed by atoms with van der Waals surface area (Å²) in [6.45, 7) is 4.88. The Morgan fingerprint density at radius 1 is 1.52 bits per heavy atom. The van der Waals surface area contributed by atoms with Crippen molar-refractivity contribution in [2.45, 2.75) is 30.8 Å². The number of hydrogen-bond donors (Lipinski definition) is 2. The number of nitrogens with zero attached hydrogens (tertiary/aromatic N) is 4. The normalized spacial score (nSPS) is 12.5. The summed E-state index contributed by atoms with van der Waals surface area (Å²) < 4.78 is 2.67. The van der Waals surface area contributed by atoms with Crippen LogP contribution in [0, 0.1) is 5.92 Å². The molecule has 0 unspecified atom stereocenters. The number of nitrogens with one attached hydrogen (secondary N) is 1. The highest BCUT2D eigenvalue weighted by atomic mass is 32.2. The van der Waals surface area contributed by atoms with Crippen molar-refractivity contribution in [1.82, 2.24) is 25.1 Å². The maximum absolute atomic E-state index is 12.0. The van der Waals surface area contributed by atoms with Crippen molar-refractivity contribution in [1.29, 1.82) is 0 Å². The lowest BCUT2D eigenvalue weighted by Gasteiger charge is -2.22. The number of carbonyl (C=O) groups excluding carboxylic acids is 1. The summed E-state index contributed by atoms with van der Waals surface area (Å²) in [4.78, 5) is 16.0. The average molecular weight is 326 g/mol. The third kappa shape index (κ3) is 5.01. The molecular weight excluding hydrogens is 308 g/mol. The second kappa shape index (κ2) is 7.41. The zero-order valence-corrected chi connectivity index (χ0v) is 13.5. The summed E-state index contributed by atoms with van der Waals surface area (Å²) in [5.74, 6) is 0.619. The smallest absolute Gasteiger partial charge is 0.230 e. The molecule has 21 heavy (non-hydrogen) atoms. The van der Waals surface area contributed by atoms with Crippen LogP contribution in [0.1, 0.15) is 13.8 Å². The molecule has 7 nitrogen and oxygen atoms in total. The number of rotatable bonds is 7. The number of nitrogens with two attached hydrogens (primary N) is 1. The van der Waals surface area contributed by atoms with Crippen LogP contribution in [0.25, 0.3) is 0 Å². The fraction of sp³-hybridized carbons (Fsp3) is 0.500. The Bertz CT molecular complexity index is 568. The number of imidazole rings is 1. The van der Waals surface area contributed by atoms with Crippen LogP contribution in [0.4, 0.5) is 5.13 Å². The first-order valence-corrected chi connectivity index (χ1v) is 8.31. The summed E-state index contributed by atoms with van der Waals surface area (Å²) >= 11 is 2.63. The minimum atomic E-state index is -0.0208. The standard InChI is InChI=1S/C12H18N6OS2/c1-8(2)9(5-18-4-3-14-7-18)15-10(19)6-20-12-17-16-11(13)21-12/h3-4,7-9H,5-6H2,1-2H3,(H2,13,16)(H,15,19)/t9-/m1/s1. The Kier molecular flexibility index (Phi) is 5.57. The monoisotopic (exact) mass is 326 g/mol. The predicted molar refractivity (Wildman–Crippen MR) is 84.0 cm³/mol. The van der Waals surface area contributed by atoms with Gasteiger partial charge in [-0.05, 0) is 5.92 Å². The Balaban J connectivity index is 1.83.